The highest BCUT2D eigenvalue weighted by Crippen LogP contribution is 2.28. The minimum atomic E-state index is -0.414. The molecule has 0 bridgehead atoms. The Bertz CT molecular complexity index is 1050. The van der Waals surface area contributed by atoms with Gasteiger partial charge >= 0.3 is 0 Å². The van der Waals surface area contributed by atoms with Gasteiger partial charge in [-0.25, -0.2) is 9.37 Å². The standard InChI is InChI=1S/C21H18FN3O/c1-14-10-21(26)25(15(2)24-14)13-16-8-9-19(20(22)11-16)18-7-5-3-4-6-17(18)12-23/h3-4,6-11H,5,13H2,1-2H3. The largest absolute Gasteiger partial charge is 0.292 e. The van der Waals surface area contributed by atoms with Crippen LogP contribution in [0.25, 0.3) is 5.57 Å². The zero-order valence-electron chi connectivity index (χ0n) is 14.7. The highest BCUT2D eigenvalue weighted by atomic mass is 19.1. The first kappa shape index (κ1) is 17.6. The molecule has 4 nitrogen and oxygen atoms in total. The molecule has 0 aliphatic heterocycles. The van der Waals surface area contributed by atoms with Crippen molar-refractivity contribution in [3.05, 3.63) is 93.0 Å². The van der Waals surface area contributed by atoms with Crippen molar-refractivity contribution in [2.24, 2.45) is 0 Å². The summed E-state index contributed by atoms with van der Waals surface area (Å²) in [6, 6.07) is 8.43. The molecule has 0 unspecified atom stereocenters. The van der Waals surface area contributed by atoms with E-state index in [0.29, 0.717) is 40.2 Å². The van der Waals surface area contributed by atoms with Crippen LogP contribution in [0.3, 0.4) is 0 Å². The third-order valence-electron chi connectivity index (χ3n) is 4.26. The average molecular weight is 347 g/mol. The third-order valence-corrected chi connectivity index (χ3v) is 4.26. The second-order valence-electron chi connectivity index (χ2n) is 6.16. The van der Waals surface area contributed by atoms with E-state index < -0.39 is 5.82 Å². The van der Waals surface area contributed by atoms with E-state index in [1.165, 1.54) is 16.7 Å². The van der Waals surface area contributed by atoms with Crippen molar-refractivity contribution < 1.29 is 4.39 Å². The molecule has 3 rings (SSSR count). The summed E-state index contributed by atoms with van der Waals surface area (Å²) in [5, 5.41) is 9.31. The maximum absolute atomic E-state index is 14.7. The molecule has 0 N–H and O–H groups in total. The van der Waals surface area contributed by atoms with Crippen molar-refractivity contribution in [3.8, 4) is 6.07 Å². The van der Waals surface area contributed by atoms with Crippen LogP contribution in [-0.2, 0) is 6.54 Å². The van der Waals surface area contributed by atoms with Crippen molar-refractivity contribution in [2.45, 2.75) is 26.8 Å². The molecule has 0 atom stereocenters. The monoisotopic (exact) mass is 347 g/mol. The summed E-state index contributed by atoms with van der Waals surface area (Å²) < 4.78 is 16.3. The van der Waals surface area contributed by atoms with E-state index >= 15 is 0 Å². The number of halogens is 1. The number of benzene rings is 1. The van der Waals surface area contributed by atoms with Gasteiger partial charge in [-0.15, -0.1) is 0 Å². The lowest BCUT2D eigenvalue weighted by Crippen LogP contribution is -2.24. The van der Waals surface area contributed by atoms with Gasteiger partial charge in [0.25, 0.3) is 5.56 Å². The van der Waals surface area contributed by atoms with E-state index in [-0.39, 0.29) is 12.1 Å². The second kappa shape index (κ2) is 7.32. The van der Waals surface area contributed by atoms with E-state index in [4.69, 9.17) is 0 Å². The predicted molar refractivity (Wildman–Crippen MR) is 98.9 cm³/mol. The zero-order chi connectivity index (χ0) is 18.7. The van der Waals surface area contributed by atoms with Crippen LogP contribution in [0.2, 0.25) is 0 Å². The molecule has 0 saturated carbocycles. The molecule has 0 fully saturated rings. The van der Waals surface area contributed by atoms with Gasteiger partial charge in [0.2, 0.25) is 0 Å². The predicted octanol–water partition coefficient (Wildman–Crippen LogP) is 3.84. The molecule has 0 saturated heterocycles. The van der Waals surface area contributed by atoms with E-state index in [9.17, 15) is 14.4 Å². The van der Waals surface area contributed by atoms with Crippen LogP contribution in [0.15, 0.2) is 58.9 Å². The average Bonchev–Trinajstić information content (AvgIpc) is 2.83. The summed E-state index contributed by atoms with van der Waals surface area (Å²) in [5.41, 5.74) is 2.57. The van der Waals surface area contributed by atoms with Gasteiger partial charge in [-0.2, -0.15) is 5.26 Å². The smallest absolute Gasteiger partial charge is 0.254 e. The summed E-state index contributed by atoms with van der Waals surface area (Å²) in [5.74, 6) is 0.175. The molecule has 0 amide bonds. The lowest BCUT2D eigenvalue weighted by atomic mass is 9.96. The fourth-order valence-electron chi connectivity index (χ4n) is 3.00. The number of nitrogens with zero attached hydrogens (tertiary/aromatic N) is 3. The fourth-order valence-corrected chi connectivity index (χ4v) is 3.00. The minimum Gasteiger partial charge on any atom is -0.292 e. The molecule has 0 spiro atoms. The Morgan fingerprint density at radius 1 is 1.31 bits per heavy atom. The van der Waals surface area contributed by atoms with Gasteiger partial charge < -0.3 is 0 Å². The first-order chi connectivity index (χ1) is 12.5. The number of aryl methyl sites for hydroxylation is 2. The third kappa shape index (κ3) is 3.55. The Morgan fingerprint density at radius 2 is 2.12 bits per heavy atom. The molecule has 26 heavy (non-hydrogen) atoms. The Morgan fingerprint density at radius 3 is 2.81 bits per heavy atom. The molecule has 5 heteroatoms. The van der Waals surface area contributed by atoms with Gasteiger partial charge in [0.05, 0.1) is 18.2 Å². The van der Waals surface area contributed by atoms with Crippen LogP contribution < -0.4 is 5.56 Å². The first-order valence-electron chi connectivity index (χ1n) is 8.31. The quantitative estimate of drug-likeness (QED) is 0.847. The molecular formula is C21H18FN3O. The number of hydrogen-bond acceptors (Lipinski definition) is 3. The fraction of sp³-hybridized carbons (Fsp3) is 0.190. The number of hydrogen-bond donors (Lipinski definition) is 0. The number of allylic oxidation sites excluding steroid dienone is 6. The highest BCUT2D eigenvalue weighted by molar-refractivity contribution is 5.84. The second-order valence-corrected chi connectivity index (χ2v) is 6.16. The van der Waals surface area contributed by atoms with Crippen LogP contribution in [-0.4, -0.2) is 9.55 Å². The van der Waals surface area contributed by atoms with Crippen LogP contribution in [0.5, 0.6) is 0 Å². The Labute approximate surface area is 151 Å². The molecule has 1 aromatic heterocycles. The molecular weight excluding hydrogens is 329 g/mol. The van der Waals surface area contributed by atoms with E-state index in [0.717, 1.165) is 0 Å². The molecule has 2 aromatic rings. The summed E-state index contributed by atoms with van der Waals surface area (Å²) in [4.78, 5) is 16.4. The number of nitriles is 1. The lowest BCUT2D eigenvalue weighted by Gasteiger charge is -2.12. The van der Waals surface area contributed by atoms with E-state index in [1.54, 1.807) is 38.1 Å². The molecule has 130 valence electrons. The van der Waals surface area contributed by atoms with Crippen molar-refractivity contribution in [1.29, 1.82) is 5.26 Å². The molecule has 0 radical (unpaired) electrons. The van der Waals surface area contributed by atoms with Crippen molar-refractivity contribution >= 4 is 5.57 Å². The van der Waals surface area contributed by atoms with Gasteiger partial charge in [-0.05, 0) is 43.5 Å². The molecule has 1 aromatic carbocycles. The van der Waals surface area contributed by atoms with Crippen molar-refractivity contribution in [1.82, 2.24) is 9.55 Å². The SMILES string of the molecule is Cc1cc(=O)n(Cc2ccc(C3=CCC=CC=C3C#N)c(F)c2)c(C)n1. The van der Waals surface area contributed by atoms with Crippen molar-refractivity contribution in [2.75, 3.05) is 0 Å². The summed E-state index contributed by atoms with van der Waals surface area (Å²) in [6.07, 6.45) is 7.88. The van der Waals surface area contributed by atoms with Crippen LogP contribution in [0, 0.1) is 31.0 Å². The summed E-state index contributed by atoms with van der Waals surface area (Å²) >= 11 is 0. The minimum absolute atomic E-state index is 0.160. The lowest BCUT2D eigenvalue weighted by molar-refractivity contribution is 0.617. The van der Waals surface area contributed by atoms with Crippen LogP contribution >= 0.6 is 0 Å². The molecule has 1 aliphatic carbocycles. The normalized spacial score (nSPS) is 13.6. The van der Waals surface area contributed by atoms with Gasteiger partial charge in [0, 0.05) is 17.3 Å². The molecule has 1 heterocycles. The first-order valence-corrected chi connectivity index (χ1v) is 8.31. The number of aromatic nitrogens is 2. The summed E-state index contributed by atoms with van der Waals surface area (Å²) in [6.45, 7) is 3.77. The Hall–Kier alpha value is -3.26. The van der Waals surface area contributed by atoms with Crippen LogP contribution in [0.1, 0.15) is 29.1 Å². The Balaban J connectivity index is 1.96. The zero-order valence-corrected chi connectivity index (χ0v) is 14.7. The van der Waals surface area contributed by atoms with Gasteiger partial charge in [0.15, 0.2) is 0 Å². The van der Waals surface area contributed by atoms with Gasteiger partial charge in [0.1, 0.15) is 11.6 Å². The van der Waals surface area contributed by atoms with Gasteiger partial charge in [-0.1, -0.05) is 30.4 Å². The summed E-state index contributed by atoms with van der Waals surface area (Å²) in [7, 11) is 0. The van der Waals surface area contributed by atoms with E-state index in [1.807, 2.05) is 12.2 Å². The maximum Gasteiger partial charge on any atom is 0.254 e. The molecule has 1 aliphatic rings. The van der Waals surface area contributed by atoms with Crippen molar-refractivity contribution in [3.63, 3.8) is 0 Å². The van der Waals surface area contributed by atoms with E-state index in [2.05, 4.69) is 11.1 Å². The Kier molecular flexibility index (Phi) is 4.94. The highest BCUT2D eigenvalue weighted by Gasteiger charge is 2.14. The maximum atomic E-state index is 14.7. The topological polar surface area (TPSA) is 58.7 Å². The van der Waals surface area contributed by atoms with Gasteiger partial charge in [-0.3, -0.25) is 9.36 Å². The number of rotatable bonds is 3. The van der Waals surface area contributed by atoms with Crippen LogP contribution in [0.4, 0.5) is 4.39 Å².